The second kappa shape index (κ2) is 6.02. The van der Waals surface area contributed by atoms with Gasteiger partial charge in [-0.25, -0.2) is 9.97 Å². The van der Waals surface area contributed by atoms with E-state index in [1.807, 2.05) is 0 Å². The summed E-state index contributed by atoms with van der Waals surface area (Å²) in [7, 11) is 0. The summed E-state index contributed by atoms with van der Waals surface area (Å²) in [6.07, 6.45) is -3.48. The highest BCUT2D eigenvalue weighted by Gasteiger charge is 2.27. The third-order valence-corrected chi connectivity index (χ3v) is 2.87. The number of rotatable bonds is 4. The van der Waals surface area contributed by atoms with Crippen LogP contribution < -0.4 is 0 Å². The lowest BCUT2D eigenvalue weighted by Crippen LogP contribution is -2.19. The van der Waals surface area contributed by atoms with Gasteiger partial charge < -0.3 is 9.47 Å². The van der Waals surface area contributed by atoms with E-state index in [1.165, 1.54) is 0 Å². The molecule has 0 saturated carbocycles. The van der Waals surface area contributed by atoms with Crippen LogP contribution in [0.15, 0.2) is 0 Å². The second-order valence-electron chi connectivity index (χ2n) is 4.08. The minimum Gasteiger partial charge on any atom is -0.376 e. The number of hydrogen-bond donors (Lipinski definition) is 0. The largest absolute Gasteiger partial charge is 0.411 e. The molecule has 1 aromatic rings. The van der Waals surface area contributed by atoms with Crippen molar-refractivity contribution in [1.29, 1.82) is 0 Å². The van der Waals surface area contributed by atoms with Gasteiger partial charge in [0.05, 0.1) is 25.5 Å². The fraction of sp³-hybridized carbons (Fsp3) is 0.636. The zero-order valence-electron chi connectivity index (χ0n) is 9.97. The van der Waals surface area contributed by atoms with E-state index in [0.717, 1.165) is 11.3 Å². The second-order valence-corrected chi connectivity index (χ2v) is 4.43. The van der Waals surface area contributed by atoms with Gasteiger partial charge in [-0.3, -0.25) is 0 Å². The molecule has 0 unspecified atom stereocenters. The Kier molecular flexibility index (Phi) is 4.59. The van der Waals surface area contributed by atoms with E-state index in [0.29, 0.717) is 30.6 Å². The minimum atomic E-state index is -4.31. The first-order chi connectivity index (χ1) is 8.96. The van der Waals surface area contributed by atoms with Crippen LogP contribution in [0.25, 0.3) is 0 Å². The molecule has 0 aliphatic carbocycles. The number of aromatic nitrogens is 2. The number of hydrogen-bond acceptors (Lipinski definition) is 4. The molecule has 2 heterocycles. The standard InChI is InChI=1S/C11H12ClF3N2O2/c12-10-7-5-18-3-1-8(7)16-9(17-10)2-4-19-6-11(13,14)15/h1-6H2. The van der Waals surface area contributed by atoms with E-state index in [-0.39, 0.29) is 13.0 Å². The molecule has 0 N–H and O–H groups in total. The van der Waals surface area contributed by atoms with Gasteiger partial charge in [-0.2, -0.15) is 13.2 Å². The Hall–Kier alpha value is -0.920. The molecule has 1 aromatic heterocycles. The summed E-state index contributed by atoms with van der Waals surface area (Å²) in [5, 5.41) is 0.301. The average molecular weight is 297 g/mol. The van der Waals surface area contributed by atoms with Gasteiger partial charge in [0.2, 0.25) is 0 Å². The van der Waals surface area contributed by atoms with Crippen molar-refractivity contribution in [2.45, 2.75) is 25.6 Å². The molecule has 4 nitrogen and oxygen atoms in total. The molecule has 2 rings (SSSR count). The first-order valence-electron chi connectivity index (χ1n) is 5.72. The van der Waals surface area contributed by atoms with Gasteiger partial charge in [0.15, 0.2) is 0 Å². The van der Waals surface area contributed by atoms with Crippen LogP contribution in [-0.2, 0) is 28.9 Å². The Balaban J connectivity index is 1.92. The molecule has 0 bridgehead atoms. The SMILES string of the molecule is FC(F)(F)COCCc1nc(Cl)c2c(n1)CCOC2. The smallest absolute Gasteiger partial charge is 0.376 e. The molecule has 0 spiro atoms. The molecule has 19 heavy (non-hydrogen) atoms. The number of nitrogens with zero attached hydrogens (tertiary/aromatic N) is 2. The highest BCUT2D eigenvalue weighted by Crippen LogP contribution is 2.22. The predicted molar refractivity (Wildman–Crippen MR) is 61.0 cm³/mol. The Morgan fingerprint density at radius 2 is 2.11 bits per heavy atom. The van der Waals surface area contributed by atoms with Crippen molar-refractivity contribution < 1.29 is 22.6 Å². The lowest BCUT2D eigenvalue weighted by molar-refractivity contribution is -0.173. The number of ether oxygens (including phenoxy) is 2. The zero-order valence-corrected chi connectivity index (χ0v) is 10.7. The molecule has 1 aliphatic heterocycles. The van der Waals surface area contributed by atoms with E-state index in [4.69, 9.17) is 16.3 Å². The average Bonchev–Trinajstić information content (AvgIpc) is 2.34. The molecule has 0 fully saturated rings. The molecular formula is C11H12ClF3N2O2. The van der Waals surface area contributed by atoms with E-state index in [1.54, 1.807) is 0 Å². The van der Waals surface area contributed by atoms with Crippen LogP contribution in [0.5, 0.6) is 0 Å². The molecule has 0 saturated heterocycles. The van der Waals surface area contributed by atoms with Crippen molar-refractivity contribution in [3.05, 3.63) is 22.2 Å². The van der Waals surface area contributed by atoms with Crippen molar-refractivity contribution in [2.75, 3.05) is 19.8 Å². The number of alkyl halides is 3. The molecule has 0 aromatic carbocycles. The van der Waals surface area contributed by atoms with E-state index in [9.17, 15) is 13.2 Å². The van der Waals surface area contributed by atoms with Gasteiger partial charge in [-0.1, -0.05) is 11.6 Å². The van der Waals surface area contributed by atoms with Crippen molar-refractivity contribution in [3.63, 3.8) is 0 Å². The topological polar surface area (TPSA) is 44.2 Å². The monoisotopic (exact) mass is 296 g/mol. The van der Waals surface area contributed by atoms with Gasteiger partial charge >= 0.3 is 6.18 Å². The predicted octanol–water partition coefficient (Wildman–Crippen LogP) is 2.32. The maximum absolute atomic E-state index is 11.9. The summed E-state index contributed by atoms with van der Waals surface area (Å²) in [6, 6.07) is 0. The van der Waals surface area contributed by atoms with Crippen molar-refractivity contribution in [1.82, 2.24) is 9.97 Å². The molecule has 106 valence electrons. The molecule has 1 aliphatic rings. The van der Waals surface area contributed by atoms with Gasteiger partial charge in [0.25, 0.3) is 0 Å². The normalized spacial score (nSPS) is 15.4. The molecule has 0 amide bonds. The molecule has 0 radical (unpaired) electrons. The van der Waals surface area contributed by atoms with Crippen LogP contribution in [0.1, 0.15) is 17.1 Å². The number of halogens is 4. The van der Waals surface area contributed by atoms with Crippen LogP contribution in [-0.4, -0.2) is 36.0 Å². The van der Waals surface area contributed by atoms with Crippen molar-refractivity contribution in [2.24, 2.45) is 0 Å². The van der Waals surface area contributed by atoms with Crippen LogP contribution in [0, 0.1) is 0 Å². The number of fused-ring (bicyclic) bond motifs is 1. The van der Waals surface area contributed by atoms with E-state index in [2.05, 4.69) is 14.7 Å². The third kappa shape index (κ3) is 4.29. The molecule has 0 atom stereocenters. The molecule has 8 heteroatoms. The van der Waals surface area contributed by atoms with E-state index < -0.39 is 12.8 Å². The highest BCUT2D eigenvalue weighted by molar-refractivity contribution is 6.30. The lowest BCUT2D eigenvalue weighted by Gasteiger charge is -2.17. The Bertz CT molecular complexity index is 454. The minimum absolute atomic E-state index is 0.0921. The summed E-state index contributed by atoms with van der Waals surface area (Å²) < 4.78 is 45.4. The van der Waals surface area contributed by atoms with Gasteiger partial charge in [0, 0.05) is 18.4 Å². The first kappa shape index (κ1) is 14.5. The maximum atomic E-state index is 11.9. The van der Waals surface area contributed by atoms with Crippen LogP contribution in [0.3, 0.4) is 0 Å². The zero-order chi connectivity index (χ0) is 13.9. The quantitative estimate of drug-likeness (QED) is 0.632. The fourth-order valence-corrected chi connectivity index (χ4v) is 1.97. The van der Waals surface area contributed by atoms with Crippen LogP contribution in [0.4, 0.5) is 13.2 Å². The summed E-state index contributed by atoms with van der Waals surface area (Å²) >= 11 is 5.98. The first-order valence-corrected chi connectivity index (χ1v) is 6.10. The summed E-state index contributed by atoms with van der Waals surface area (Å²) in [5.41, 5.74) is 1.56. The van der Waals surface area contributed by atoms with Gasteiger partial charge in [-0.05, 0) is 0 Å². The maximum Gasteiger partial charge on any atom is 0.411 e. The van der Waals surface area contributed by atoms with Gasteiger partial charge in [-0.15, -0.1) is 0 Å². The van der Waals surface area contributed by atoms with E-state index >= 15 is 0 Å². The van der Waals surface area contributed by atoms with Crippen molar-refractivity contribution in [3.8, 4) is 0 Å². The molecular weight excluding hydrogens is 285 g/mol. The van der Waals surface area contributed by atoms with Crippen LogP contribution >= 0.6 is 11.6 Å². The Morgan fingerprint density at radius 1 is 1.32 bits per heavy atom. The Labute approximate surface area is 112 Å². The van der Waals surface area contributed by atoms with Crippen molar-refractivity contribution >= 4 is 11.6 Å². The summed E-state index contributed by atoms with van der Waals surface area (Å²) in [6.45, 7) is -0.423. The Morgan fingerprint density at radius 3 is 2.84 bits per heavy atom. The summed E-state index contributed by atoms with van der Waals surface area (Å²) in [4.78, 5) is 8.30. The van der Waals surface area contributed by atoms with Gasteiger partial charge in [0.1, 0.15) is 17.6 Å². The third-order valence-electron chi connectivity index (χ3n) is 2.55. The fourth-order valence-electron chi connectivity index (χ4n) is 1.70. The lowest BCUT2D eigenvalue weighted by atomic mass is 10.1. The highest BCUT2D eigenvalue weighted by atomic mass is 35.5. The van der Waals surface area contributed by atoms with Crippen LogP contribution in [0.2, 0.25) is 5.15 Å². The summed E-state index contributed by atoms with van der Waals surface area (Å²) in [5.74, 6) is 0.396.